The standard InChI is InChI=1S/C13H15Cl3N2O/c1-3-7-17-12(13(14,15)16)18-11(19)10-6-4-5-9(2)8-10/h3-6,8,12,17H,1,7H2,2H3,(H,18,19)/t12-/m0/s1. The van der Waals surface area contributed by atoms with Gasteiger partial charge in [0.25, 0.3) is 5.91 Å². The van der Waals surface area contributed by atoms with E-state index in [2.05, 4.69) is 17.2 Å². The Labute approximate surface area is 127 Å². The summed E-state index contributed by atoms with van der Waals surface area (Å²) < 4.78 is -1.65. The van der Waals surface area contributed by atoms with Crippen molar-refractivity contribution < 1.29 is 4.79 Å². The second-order valence-corrected chi connectivity index (χ2v) is 6.38. The lowest BCUT2D eigenvalue weighted by molar-refractivity contribution is 0.0930. The van der Waals surface area contributed by atoms with Crippen LogP contribution in [0.15, 0.2) is 36.9 Å². The quantitative estimate of drug-likeness (QED) is 0.497. The van der Waals surface area contributed by atoms with E-state index < -0.39 is 9.96 Å². The lowest BCUT2D eigenvalue weighted by Crippen LogP contribution is -2.53. The zero-order chi connectivity index (χ0) is 14.5. The van der Waals surface area contributed by atoms with Crippen molar-refractivity contribution in [1.82, 2.24) is 10.6 Å². The van der Waals surface area contributed by atoms with Crippen molar-refractivity contribution in [2.24, 2.45) is 0 Å². The Morgan fingerprint density at radius 3 is 2.68 bits per heavy atom. The largest absolute Gasteiger partial charge is 0.333 e. The Balaban J connectivity index is 2.78. The highest BCUT2D eigenvalue weighted by Gasteiger charge is 2.33. The third-order valence-electron chi connectivity index (χ3n) is 2.35. The summed E-state index contributed by atoms with van der Waals surface area (Å²) in [4.78, 5) is 12.1. The molecule has 6 heteroatoms. The number of hydrogen-bond acceptors (Lipinski definition) is 2. The molecular weight excluding hydrogens is 307 g/mol. The molecule has 0 saturated carbocycles. The molecule has 1 aromatic carbocycles. The van der Waals surface area contributed by atoms with Gasteiger partial charge in [0.1, 0.15) is 6.17 Å². The Morgan fingerprint density at radius 2 is 2.16 bits per heavy atom. The molecule has 1 amide bonds. The first kappa shape index (κ1) is 16.3. The van der Waals surface area contributed by atoms with Gasteiger partial charge in [-0.15, -0.1) is 6.58 Å². The van der Waals surface area contributed by atoms with Crippen LogP contribution in [0.4, 0.5) is 0 Å². The highest BCUT2D eigenvalue weighted by atomic mass is 35.6. The smallest absolute Gasteiger partial charge is 0.252 e. The van der Waals surface area contributed by atoms with Gasteiger partial charge in [0.2, 0.25) is 3.79 Å². The van der Waals surface area contributed by atoms with E-state index in [4.69, 9.17) is 34.8 Å². The first-order valence-corrected chi connectivity index (χ1v) is 6.76. The average molecular weight is 322 g/mol. The molecule has 0 aliphatic heterocycles. The minimum Gasteiger partial charge on any atom is -0.333 e. The number of halogens is 3. The van der Waals surface area contributed by atoms with Gasteiger partial charge in [0.15, 0.2) is 0 Å². The number of aryl methyl sites for hydroxylation is 1. The summed E-state index contributed by atoms with van der Waals surface area (Å²) in [7, 11) is 0. The molecule has 19 heavy (non-hydrogen) atoms. The number of benzene rings is 1. The molecule has 0 unspecified atom stereocenters. The molecular formula is C13H15Cl3N2O. The molecule has 104 valence electrons. The molecule has 0 saturated heterocycles. The van der Waals surface area contributed by atoms with Crippen LogP contribution in [0.25, 0.3) is 0 Å². The van der Waals surface area contributed by atoms with E-state index in [-0.39, 0.29) is 5.91 Å². The minimum absolute atomic E-state index is 0.309. The number of alkyl halides is 3. The van der Waals surface area contributed by atoms with Crippen LogP contribution in [0.2, 0.25) is 0 Å². The maximum absolute atomic E-state index is 12.1. The molecule has 0 aliphatic rings. The highest BCUT2D eigenvalue weighted by molar-refractivity contribution is 6.68. The number of amides is 1. The van der Waals surface area contributed by atoms with Crippen LogP contribution in [0.5, 0.6) is 0 Å². The summed E-state index contributed by atoms with van der Waals surface area (Å²) in [5.41, 5.74) is 1.50. The number of nitrogens with one attached hydrogen (secondary N) is 2. The van der Waals surface area contributed by atoms with Gasteiger partial charge in [-0.2, -0.15) is 0 Å². The summed E-state index contributed by atoms with van der Waals surface area (Å²) >= 11 is 17.5. The predicted molar refractivity (Wildman–Crippen MR) is 80.9 cm³/mol. The van der Waals surface area contributed by atoms with E-state index in [1.807, 2.05) is 13.0 Å². The molecule has 0 radical (unpaired) electrons. The average Bonchev–Trinajstić information content (AvgIpc) is 2.32. The van der Waals surface area contributed by atoms with Crippen LogP contribution in [0.3, 0.4) is 0 Å². The molecule has 3 nitrogen and oxygen atoms in total. The van der Waals surface area contributed by atoms with Crippen LogP contribution in [0.1, 0.15) is 15.9 Å². The molecule has 0 aromatic heterocycles. The van der Waals surface area contributed by atoms with E-state index in [0.717, 1.165) is 5.56 Å². The number of rotatable bonds is 5. The Hall–Kier alpha value is -0.740. The van der Waals surface area contributed by atoms with Gasteiger partial charge in [-0.3, -0.25) is 10.1 Å². The molecule has 0 fully saturated rings. The van der Waals surface area contributed by atoms with Crippen molar-refractivity contribution in [2.75, 3.05) is 6.54 Å². The molecule has 1 rings (SSSR count). The van der Waals surface area contributed by atoms with Gasteiger partial charge in [0.05, 0.1) is 0 Å². The lowest BCUT2D eigenvalue weighted by Gasteiger charge is -2.26. The SMILES string of the molecule is C=CCN[C@@H](NC(=O)c1cccc(C)c1)C(Cl)(Cl)Cl. The topological polar surface area (TPSA) is 41.1 Å². The first-order valence-electron chi connectivity index (χ1n) is 5.63. The molecule has 0 bridgehead atoms. The van der Waals surface area contributed by atoms with E-state index in [9.17, 15) is 4.79 Å². The Bertz CT molecular complexity index is 457. The molecule has 1 aromatic rings. The summed E-state index contributed by atoms with van der Waals surface area (Å²) in [6.07, 6.45) is 0.811. The maximum Gasteiger partial charge on any atom is 0.252 e. The van der Waals surface area contributed by atoms with Crippen LogP contribution >= 0.6 is 34.8 Å². The van der Waals surface area contributed by atoms with E-state index in [0.29, 0.717) is 12.1 Å². The first-order chi connectivity index (χ1) is 8.84. The Kier molecular flexibility index (Phi) is 6.14. The third kappa shape index (κ3) is 5.41. The van der Waals surface area contributed by atoms with Crippen molar-refractivity contribution >= 4 is 40.7 Å². The van der Waals surface area contributed by atoms with Gasteiger partial charge >= 0.3 is 0 Å². The number of hydrogen-bond donors (Lipinski definition) is 2. The van der Waals surface area contributed by atoms with Crippen LogP contribution in [-0.4, -0.2) is 22.4 Å². The van der Waals surface area contributed by atoms with Crippen LogP contribution < -0.4 is 10.6 Å². The van der Waals surface area contributed by atoms with Crippen molar-refractivity contribution in [3.63, 3.8) is 0 Å². The van der Waals surface area contributed by atoms with E-state index in [1.165, 1.54) is 0 Å². The van der Waals surface area contributed by atoms with Crippen molar-refractivity contribution in [1.29, 1.82) is 0 Å². The van der Waals surface area contributed by atoms with Crippen molar-refractivity contribution in [3.05, 3.63) is 48.0 Å². The summed E-state index contributed by atoms with van der Waals surface area (Å²) in [6, 6.07) is 7.16. The zero-order valence-electron chi connectivity index (χ0n) is 10.4. The van der Waals surface area contributed by atoms with Gasteiger partial charge in [-0.1, -0.05) is 58.6 Å². The normalized spacial score (nSPS) is 12.8. The van der Waals surface area contributed by atoms with Gasteiger partial charge in [0, 0.05) is 12.1 Å². The van der Waals surface area contributed by atoms with E-state index >= 15 is 0 Å². The fourth-order valence-corrected chi connectivity index (χ4v) is 1.85. The fraction of sp³-hybridized carbons (Fsp3) is 0.308. The molecule has 0 spiro atoms. The predicted octanol–water partition coefficient (Wildman–Crippen LogP) is 3.20. The molecule has 1 atom stereocenters. The third-order valence-corrected chi connectivity index (χ3v) is 3.00. The number of carbonyl (C=O) groups excluding carboxylic acids is 1. The zero-order valence-corrected chi connectivity index (χ0v) is 12.7. The number of carbonyl (C=O) groups is 1. The molecule has 2 N–H and O–H groups in total. The molecule has 0 heterocycles. The van der Waals surface area contributed by atoms with Crippen LogP contribution in [-0.2, 0) is 0 Å². The van der Waals surface area contributed by atoms with Crippen molar-refractivity contribution in [3.8, 4) is 0 Å². The lowest BCUT2D eigenvalue weighted by atomic mass is 10.1. The minimum atomic E-state index is -1.65. The van der Waals surface area contributed by atoms with Gasteiger partial charge in [-0.05, 0) is 19.1 Å². The fourth-order valence-electron chi connectivity index (χ4n) is 1.45. The van der Waals surface area contributed by atoms with Gasteiger partial charge < -0.3 is 5.32 Å². The van der Waals surface area contributed by atoms with Crippen LogP contribution in [0, 0.1) is 6.92 Å². The monoisotopic (exact) mass is 320 g/mol. The Morgan fingerprint density at radius 1 is 1.47 bits per heavy atom. The van der Waals surface area contributed by atoms with Crippen molar-refractivity contribution in [2.45, 2.75) is 16.9 Å². The summed E-state index contributed by atoms with van der Waals surface area (Å²) in [5, 5.41) is 5.52. The second kappa shape index (κ2) is 7.15. The maximum atomic E-state index is 12.1. The summed E-state index contributed by atoms with van der Waals surface area (Å²) in [6.45, 7) is 5.87. The molecule has 0 aliphatic carbocycles. The highest BCUT2D eigenvalue weighted by Crippen LogP contribution is 2.29. The summed E-state index contributed by atoms with van der Waals surface area (Å²) in [5.74, 6) is -0.309. The van der Waals surface area contributed by atoms with E-state index in [1.54, 1.807) is 24.3 Å². The van der Waals surface area contributed by atoms with Gasteiger partial charge in [-0.25, -0.2) is 0 Å². The second-order valence-electron chi connectivity index (χ2n) is 4.01.